The Morgan fingerprint density at radius 3 is 2.23 bits per heavy atom. The largest absolute Gasteiger partial charge is 0.0991 e. The van der Waals surface area contributed by atoms with Gasteiger partial charge in [0, 0.05) is 0 Å². The molecule has 0 aromatic carbocycles. The van der Waals surface area contributed by atoms with Crippen molar-refractivity contribution in [3.63, 3.8) is 0 Å². The standard InChI is InChI=1S/C13H20/c1-4-5-6-7-8-9-10-11-12-13(2)3/h4-6,10-12H,1,7-9H2,2-3H3/b6-5+,11-10+. The molecule has 13 heavy (non-hydrogen) atoms. The maximum absolute atomic E-state index is 3.62. The molecule has 0 rings (SSSR count). The van der Waals surface area contributed by atoms with Gasteiger partial charge in [-0.1, -0.05) is 48.6 Å². The number of hydrogen-bond donors (Lipinski definition) is 0. The third kappa shape index (κ3) is 11.0. The van der Waals surface area contributed by atoms with Crippen LogP contribution in [-0.4, -0.2) is 0 Å². The van der Waals surface area contributed by atoms with Crippen LogP contribution in [-0.2, 0) is 0 Å². The normalized spacial score (nSPS) is 10.9. The molecule has 0 aromatic heterocycles. The van der Waals surface area contributed by atoms with Crippen LogP contribution in [0, 0.1) is 0 Å². The first-order valence-electron chi connectivity index (χ1n) is 4.85. The molecule has 0 saturated heterocycles. The minimum absolute atomic E-state index is 1.14. The molecule has 0 spiro atoms. The molecule has 0 aliphatic heterocycles. The molecular formula is C13H20. The van der Waals surface area contributed by atoms with Crippen LogP contribution in [0.4, 0.5) is 0 Å². The van der Waals surface area contributed by atoms with Gasteiger partial charge in [-0.15, -0.1) is 0 Å². The van der Waals surface area contributed by atoms with E-state index in [1.165, 1.54) is 12.0 Å². The van der Waals surface area contributed by atoms with E-state index >= 15 is 0 Å². The third-order valence-electron chi connectivity index (χ3n) is 1.58. The summed E-state index contributed by atoms with van der Waals surface area (Å²) in [6.07, 6.45) is 16.0. The van der Waals surface area contributed by atoms with Crippen molar-refractivity contribution in [2.24, 2.45) is 0 Å². The van der Waals surface area contributed by atoms with Crippen molar-refractivity contribution in [2.45, 2.75) is 33.1 Å². The predicted molar refractivity (Wildman–Crippen MR) is 61.8 cm³/mol. The fraction of sp³-hybridized carbons (Fsp3) is 0.385. The van der Waals surface area contributed by atoms with Crippen molar-refractivity contribution in [1.29, 1.82) is 0 Å². The summed E-state index contributed by atoms with van der Waals surface area (Å²) in [5.41, 5.74) is 1.35. The molecule has 0 aromatic rings. The fourth-order valence-corrected chi connectivity index (χ4v) is 0.903. The molecule has 0 nitrogen and oxygen atoms in total. The van der Waals surface area contributed by atoms with Gasteiger partial charge in [0.1, 0.15) is 0 Å². The van der Waals surface area contributed by atoms with Crippen LogP contribution < -0.4 is 0 Å². The van der Waals surface area contributed by atoms with Crippen LogP contribution >= 0.6 is 0 Å². The van der Waals surface area contributed by atoms with E-state index in [1.807, 2.05) is 12.2 Å². The number of rotatable bonds is 6. The van der Waals surface area contributed by atoms with Gasteiger partial charge >= 0.3 is 0 Å². The maximum atomic E-state index is 3.62. The zero-order valence-corrected chi connectivity index (χ0v) is 8.79. The van der Waals surface area contributed by atoms with Crippen molar-refractivity contribution in [3.8, 4) is 0 Å². The lowest BCUT2D eigenvalue weighted by atomic mass is 10.2. The summed E-state index contributed by atoms with van der Waals surface area (Å²) in [7, 11) is 0. The van der Waals surface area contributed by atoms with E-state index in [9.17, 15) is 0 Å². The first-order valence-corrected chi connectivity index (χ1v) is 4.85. The van der Waals surface area contributed by atoms with Crippen LogP contribution in [0.25, 0.3) is 0 Å². The van der Waals surface area contributed by atoms with Crippen molar-refractivity contribution >= 4 is 0 Å². The van der Waals surface area contributed by atoms with Gasteiger partial charge in [-0.3, -0.25) is 0 Å². The van der Waals surface area contributed by atoms with Gasteiger partial charge in [0.15, 0.2) is 0 Å². The Morgan fingerprint density at radius 1 is 1.08 bits per heavy atom. The van der Waals surface area contributed by atoms with Crippen LogP contribution in [0.3, 0.4) is 0 Å². The molecule has 0 N–H and O–H groups in total. The first-order chi connectivity index (χ1) is 6.27. The summed E-state index contributed by atoms with van der Waals surface area (Å²) in [5, 5.41) is 0. The van der Waals surface area contributed by atoms with Crippen molar-refractivity contribution in [2.75, 3.05) is 0 Å². The molecule has 72 valence electrons. The lowest BCUT2D eigenvalue weighted by molar-refractivity contribution is 0.868. The van der Waals surface area contributed by atoms with E-state index in [0.29, 0.717) is 0 Å². The molecule has 0 amide bonds. The Balaban J connectivity index is 3.35. The van der Waals surface area contributed by atoms with Gasteiger partial charge in [0.05, 0.1) is 0 Å². The van der Waals surface area contributed by atoms with Gasteiger partial charge in [0.2, 0.25) is 0 Å². The van der Waals surface area contributed by atoms with E-state index in [1.54, 1.807) is 0 Å². The Bertz CT molecular complexity index is 200. The monoisotopic (exact) mass is 176 g/mol. The molecule has 0 heteroatoms. The van der Waals surface area contributed by atoms with Gasteiger partial charge < -0.3 is 0 Å². The van der Waals surface area contributed by atoms with Crippen LogP contribution in [0.15, 0.2) is 48.6 Å². The number of allylic oxidation sites excluding steroid dienone is 7. The second-order valence-corrected chi connectivity index (χ2v) is 3.27. The Kier molecular flexibility index (Phi) is 8.33. The van der Waals surface area contributed by atoms with E-state index < -0.39 is 0 Å². The SMILES string of the molecule is C=C/C=C/CCC/C=C/C=C(C)C. The highest BCUT2D eigenvalue weighted by Crippen LogP contribution is 1.99. The molecule has 0 fully saturated rings. The highest BCUT2D eigenvalue weighted by molar-refractivity contribution is 5.08. The quantitative estimate of drug-likeness (QED) is 0.415. The average Bonchev–Trinajstić information content (AvgIpc) is 2.09. The minimum Gasteiger partial charge on any atom is -0.0991 e. The zero-order valence-electron chi connectivity index (χ0n) is 8.79. The summed E-state index contributed by atoms with van der Waals surface area (Å²) < 4.78 is 0. The van der Waals surface area contributed by atoms with E-state index in [0.717, 1.165) is 12.8 Å². The van der Waals surface area contributed by atoms with Crippen molar-refractivity contribution in [3.05, 3.63) is 48.6 Å². The second kappa shape index (κ2) is 9.05. The molecule has 0 radical (unpaired) electrons. The van der Waals surface area contributed by atoms with E-state index in [4.69, 9.17) is 0 Å². The highest BCUT2D eigenvalue weighted by atomic mass is 13.8. The molecule has 0 bridgehead atoms. The Hall–Kier alpha value is -1.04. The number of hydrogen-bond acceptors (Lipinski definition) is 0. The molecule has 0 heterocycles. The molecule has 0 unspecified atom stereocenters. The summed E-state index contributed by atoms with van der Waals surface area (Å²) in [4.78, 5) is 0. The summed E-state index contributed by atoms with van der Waals surface area (Å²) in [5.74, 6) is 0. The van der Waals surface area contributed by atoms with Crippen LogP contribution in [0.1, 0.15) is 33.1 Å². The summed E-state index contributed by atoms with van der Waals surface area (Å²) >= 11 is 0. The molecule has 0 atom stereocenters. The lowest BCUT2D eigenvalue weighted by Gasteiger charge is -1.88. The van der Waals surface area contributed by atoms with Crippen molar-refractivity contribution < 1.29 is 0 Å². The van der Waals surface area contributed by atoms with Gasteiger partial charge in [-0.25, -0.2) is 0 Å². The van der Waals surface area contributed by atoms with Gasteiger partial charge in [-0.2, -0.15) is 0 Å². The van der Waals surface area contributed by atoms with E-state index in [2.05, 4.69) is 44.7 Å². The highest BCUT2D eigenvalue weighted by Gasteiger charge is 1.78. The smallest absolute Gasteiger partial charge is 0.0345 e. The van der Waals surface area contributed by atoms with Crippen molar-refractivity contribution in [1.82, 2.24) is 0 Å². The molecule has 0 aliphatic rings. The predicted octanol–water partition coefficient (Wildman–Crippen LogP) is 4.42. The van der Waals surface area contributed by atoms with E-state index in [-0.39, 0.29) is 0 Å². The van der Waals surface area contributed by atoms with Gasteiger partial charge in [0.25, 0.3) is 0 Å². The van der Waals surface area contributed by atoms with Crippen LogP contribution in [0.2, 0.25) is 0 Å². The molecular weight excluding hydrogens is 156 g/mol. The molecule has 0 saturated carbocycles. The third-order valence-corrected chi connectivity index (χ3v) is 1.58. The van der Waals surface area contributed by atoms with Crippen LogP contribution in [0.5, 0.6) is 0 Å². The Labute approximate surface area is 82.4 Å². The second-order valence-electron chi connectivity index (χ2n) is 3.27. The maximum Gasteiger partial charge on any atom is -0.0345 e. The number of unbranched alkanes of at least 4 members (excludes halogenated alkanes) is 2. The molecule has 0 aliphatic carbocycles. The first kappa shape index (κ1) is 12.0. The average molecular weight is 176 g/mol. The lowest BCUT2D eigenvalue weighted by Crippen LogP contribution is -1.68. The Morgan fingerprint density at radius 2 is 1.69 bits per heavy atom. The minimum atomic E-state index is 1.14. The zero-order chi connectivity index (χ0) is 9.94. The fourth-order valence-electron chi connectivity index (χ4n) is 0.903. The summed E-state index contributed by atoms with van der Waals surface area (Å²) in [6.45, 7) is 7.84. The van der Waals surface area contributed by atoms with Gasteiger partial charge in [-0.05, 0) is 33.1 Å². The topological polar surface area (TPSA) is 0 Å². The summed E-state index contributed by atoms with van der Waals surface area (Å²) in [6, 6.07) is 0.